The maximum Gasteiger partial charge on any atom is 0.219 e. The molecule has 0 saturated heterocycles. The Morgan fingerprint density at radius 1 is 1.11 bits per heavy atom. The van der Waals surface area contributed by atoms with Crippen LogP contribution in [-0.4, -0.2) is 16.7 Å². The average Bonchev–Trinajstić information content (AvgIpc) is 2.42. The van der Waals surface area contributed by atoms with Gasteiger partial charge in [0.15, 0.2) is 11.5 Å². The lowest BCUT2D eigenvalue weighted by molar-refractivity contribution is 0.281. The molecule has 4 nitrogen and oxygen atoms in total. The first-order chi connectivity index (χ1) is 8.83. The van der Waals surface area contributed by atoms with Gasteiger partial charge in [0.2, 0.25) is 5.88 Å². The number of pyridine rings is 1. The summed E-state index contributed by atoms with van der Waals surface area (Å²) in [7, 11) is 0. The van der Waals surface area contributed by atoms with Gasteiger partial charge >= 0.3 is 0 Å². The highest BCUT2D eigenvalue weighted by atomic mass is 16.5. The summed E-state index contributed by atoms with van der Waals surface area (Å²) in [5.74, 6) is 1.79. The zero-order chi connectivity index (χ0) is 12.8. The number of benzene rings is 1. The number of hydrogen-bond donors (Lipinski definition) is 1. The lowest BCUT2D eigenvalue weighted by Gasteiger charge is -2.10. The van der Waals surface area contributed by atoms with E-state index < -0.39 is 0 Å². The summed E-state index contributed by atoms with van der Waals surface area (Å²) in [6.07, 6.45) is 1.58. The van der Waals surface area contributed by atoms with Crippen molar-refractivity contribution in [3.05, 3.63) is 48.2 Å². The first-order valence-electron chi connectivity index (χ1n) is 5.79. The minimum absolute atomic E-state index is 0.0250. The molecule has 1 heterocycles. The average molecular weight is 245 g/mol. The highest BCUT2D eigenvalue weighted by molar-refractivity contribution is 5.41. The number of rotatable bonds is 5. The summed E-state index contributed by atoms with van der Waals surface area (Å²) in [6, 6.07) is 10.9. The molecule has 0 bridgehead atoms. The molecule has 0 unspecified atom stereocenters. The fourth-order valence-electron chi connectivity index (χ4n) is 1.49. The van der Waals surface area contributed by atoms with Crippen molar-refractivity contribution in [1.82, 2.24) is 4.98 Å². The first kappa shape index (κ1) is 12.4. The van der Waals surface area contributed by atoms with Gasteiger partial charge in [0.25, 0.3) is 0 Å². The molecule has 1 aromatic carbocycles. The maximum absolute atomic E-state index is 8.93. The molecule has 0 radical (unpaired) electrons. The third-order valence-electron chi connectivity index (χ3n) is 2.34. The monoisotopic (exact) mass is 245 g/mol. The van der Waals surface area contributed by atoms with E-state index in [2.05, 4.69) is 4.98 Å². The number of nitrogens with zero attached hydrogens (tertiary/aromatic N) is 1. The molecular weight excluding hydrogens is 230 g/mol. The van der Waals surface area contributed by atoms with E-state index in [9.17, 15) is 0 Å². The van der Waals surface area contributed by atoms with E-state index in [-0.39, 0.29) is 6.61 Å². The SMILES string of the molecule is CCOc1ccccc1Oc1ccc(CO)cn1. The van der Waals surface area contributed by atoms with Crippen molar-refractivity contribution < 1.29 is 14.6 Å². The molecule has 0 atom stereocenters. The van der Waals surface area contributed by atoms with Crippen LogP contribution in [0.15, 0.2) is 42.6 Å². The van der Waals surface area contributed by atoms with Gasteiger partial charge in [-0.15, -0.1) is 0 Å². The van der Waals surface area contributed by atoms with Crippen LogP contribution in [0, 0.1) is 0 Å². The number of ether oxygens (including phenoxy) is 2. The summed E-state index contributed by atoms with van der Waals surface area (Å²) in [5, 5.41) is 8.93. The Morgan fingerprint density at radius 3 is 2.50 bits per heavy atom. The predicted octanol–water partition coefficient (Wildman–Crippen LogP) is 2.76. The summed E-state index contributed by atoms with van der Waals surface area (Å²) in [4.78, 5) is 4.11. The van der Waals surface area contributed by atoms with Gasteiger partial charge in [-0.3, -0.25) is 0 Å². The fraction of sp³-hybridized carbons (Fsp3) is 0.214. The molecule has 2 aromatic rings. The molecule has 1 aromatic heterocycles. The van der Waals surface area contributed by atoms with Crippen molar-refractivity contribution in [1.29, 1.82) is 0 Å². The standard InChI is InChI=1S/C14H15NO3/c1-2-17-12-5-3-4-6-13(12)18-14-8-7-11(10-16)9-15-14/h3-9,16H,2,10H2,1H3. The van der Waals surface area contributed by atoms with E-state index in [0.29, 0.717) is 24.0 Å². The lowest BCUT2D eigenvalue weighted by Crippen LogP contribution is -1.96. The molecule has 0 amide bonds. The molecule has 0 aliphatic rings. The summed E-state index contributed by atoms with van der Waals surface area (Å²) < 4.78 is 11.1. The van der Waals surface area contributed by atoms with E-state index >= 15 is 0 Å². The van der Waals surface area contributed by atoms with Crippen molar-refractivity contribution in [3.63, 3.8) is 0 Å². The lowest BCUT2D eigenvalue weighted by atomic mass is 10.3. The summed E-state index contributed by atoms with van der Waals surface area (Å²) >= 11 is 0. The van der Waals surface area contributed by atoms with Gasteiger partial charge in [-0.1, -0.05) is 12.1 Å². The first-order valence-corrected chi connectivity index (χ1v) is 5.79. The Kier molecular flexibility index (Phi) is 4.15. The van der Waals surface area contributed by atoms with Crippen molar-refractivity contribution in [3.8, 4) is 17.4 Å². The van der Waals surface area contributed by atoms with E-state index in [0.717, 1.165) is 5.56 Å². The predicted molar refractivity (Wildman–Crippen MR) is 67.8 cm³/mol. The van der Waals surface area contributed by atoms with Crippen LogP contribution in [0.2, 0.25) is 0 Å². The smallest absolute Gasteiger partial charge is 0.219 e. The Balaban J connectivity index is 2.17. The van der Waals surface area contributed by atoms with Crippen LogP contribution in [0.25, 0.3) is 0 Å². The minimum atomic E-state index is -0.0250. The van der Waals surface area contributed by atoms with Gasteiger partial charge < -0.3 is 14.6 Å². The van der Waals surface area contributed by atoms with Crippen LogP contribution in [0.5, 0.6) is 17.4 Å². The molecule has 18 heavy (non-hydrogen) atoms. The summed E-state index contributed by atoms with van der Waals surface area (Å²) in [6.45, 7) is 2.48. The quantitative estimate of drug-likeness (QED) is 0.880. The van der Waals surface area contributed by atoms with Gasteiger partial charge in [0.05, 0.1) is 13.2 Å². The zero-order valence-electron chi connectivity index (χ0n) is 10.2. The van der Waals surface area contributed by atoms with Crippen LogP contribution in [-0.2, 0) is 6.61 Å². The van der Waals surface area contributed by atoms with E-state index in [1.165, 1.54) is 0 Å². The van der Waals surface area contributed by atoms with Crippen molar-refractivity contribution in [2.75, 3.05) is 6.61 Å². The van der Waals surface area contributed by atoms with Crippen LogP contribution in [0.3, 0.4) is 0 Å². The van der Waals surface area contributed by atoms with Crippen molar-refractivity contribution in [2.24, 2.45) is 0 Å². The Morgan fingerprint density at radius 2 is 1.89 bits per heavy atom. The zero-order valence-corrected chi connectivity index (χ0v) is 10.2. The van der Waals surface area contributed by atoms with Crippen molar-refractivity contribution >= 4 is 0 Å². The van der Waals surface area contributed by atoms with Crippen LogP contribution >= 0.6 is 0 Å². The van der Waals surface area contributed by atoms with Crippen molar-refractivity contribution in [2.45, 2.75) is 13.5 Å². The fourth-order valence-corrected chi connectivity index (χ4v) is 1.49. The number of aromatic nitrogens is 1. The van der Waals surface area contributed by atoms with E-state index in [1.54, 1.807) is 18.3 Å². The molecule has 0 fully saturated rings. The molecule has 2 rings (SSSR count). The molecule has 94 valence electrons. The largest absolute Gasteiger partial charge is 0.490 e. The second-order valence-electron chi connectivity index (χ2n) is 3.64. The van der Waals surface area contributed by atoms with Gasteiger partial charge in [-0.2, -0.15) is 0 Å². The van der Waals surface area contributed by atoms with E-state index in [1.807, 2.05) is 31.2 Å². The maximum atomic E-state index is 8.93. The summed E-state index contributed by atoms with van der Waals surface area (Å²) in [5.41, 5.74) is 0.750. The van der Waals surface area contributed by atoms with Crippen LogP contribution in [0.4, 0.5) is 0 Å². The van der Waals surface area contributed by atoms with E-state index in [4.69, 9.17) is 14.6 Å². The van der Waals surface area contributed by atoms with Crippen LogP contribution < -0.4 is 9.47 Å². The van der Waals surface area contributed by atoms with Gasteiger partial charge in [0.1, 0.15) is 0 Å². The molecule has 1 N–H and O–H groups in total. The molecule has 4 heteroatoms. The van der Waals surface area contributed by atoms with Gasteiger partial charge in [-0.25, -0.2) is 4.98 Å². The molecule has 0 aliphatic heterocycles. The number of aliphatic hydroxyl groups is 1. The highest BCUT2D eigenvalue weighted by Crippen LogP contribution is 2.30. The number of para-hydroxylation sites is 2. The normalized spacial score (nSPS) is 10.1. The minimum Gasteiger partial charge on any atom is -0.490 e. The molecule has 0 aliphatic carbocycles. The molecular formula is C14H15NO3. The van der Waals surface area contributed by atoms with Gasteiger partial charge in [-0.05, 0) is 30.7 Å². The number of aliphatic hydroxyl groups excluding tert-OH is 1. The molecule has 0 spiro atoms. The molecule has 0 saturated carbocycles. The van der Waals surface area contributed by atoms with Gasteiger partial charge in [0, 0.05) is 12.3 Å². The third-order valence-corrected chi connectivity index (χ3v) is 2.34. The van der Waals surface area contributed by atoms with Crippen LogP contribution in [0.1, 0.15) is 12.5 Å². The Labute approximate surface area is 106 Å². The second kappa shape index (κ2) is 6.02. The second-order valence-corrected chi connectivity index (χ2v) is 3.64. The Hall–Kier alpha value is -2.07. The Bertz CT molecular complexity index is 497. The topological polar surface area (TPSA) is 51.6 Å². The number of hydrogen-bond acceptors (Lipinski definition) is 4. The highest BCUT2D eigenvalue weighted by Gasteiger charge is 2.05. The third kappa shape index (κ3) is 2.99.